The van der Waals surface area contributed by atoms with Gasteiger partial charge in [-0.05, 0) is 12.8 Å². The molecule has 16 heavy (non-hydrogen) atoms. The van der Waals surface area contributed by atoms with Gasteiger partial charge in [-0.1, -0.05) is 20.3 Å². The lowest BCUT2D eigenvalue weighted by Crippen LogP contribution is -2.21. The van der Waals surface area contributed by atoms with Gasteiger partial charge in [0.1, 0.15) is 18.0 Å². The third-order valence-electron chi connectivity index (χ3n) is 2.58. The molecular formula is C12H22N4. The van der Waals surface area contributed by atoms with Crippen LogP contribution in [0.5, 0.6) is 0 Å². The molecule has 0 saturated carbocycles. The first-order valence-electron chi connectivity index (χ1n) is 5.97. The van der Waals surface area contributed by atoms with Gasteiger partial charge in [0.25, 0.3) is 0 Å². The Morgan fingerprint density at radius 1 is 1.25 bits per heavy atom. The molecule has 0 spiro atoms. The lowest BCUT2D eigenvalue weighted by Gasteiger charge is -2.21. The Hall–Kier alpha value is -1.32. The fourth-order valence-corrected chi connectivity index (χ4v) is 1.87. The number of rotatable bonds is 6. The van der Waals surface area contributed by atoms with E-state index in [0.29, 0.717) is 0 Å². The zero-order chi connectivity index (χ0) is 12.0. The van der Waals surface area contributed by atoms with Gasteiger partial charge in [0.15, 0.2) is 0 Å². The molecule has 0 atom stereocenters. The number of anilines is 2. The summed E-state index contributed by atoms with van der Waals surface area (Å²) in [5.74, 6) is 2.01. The number of aromatic nitrogens is 2. The second kappa shape index (κ2) is 6.30. The van der Waals surface area contributed by atoms with Crippen molar-refractivity contribution in [2.45, 2.75) is 33.1 Å². The molecule has 0 bridgehead atoms. The molecule has 0 aromatic carbocycles. The second-order valence-corrected chi connectivity index (χ2v) is 3.95. The molecule has 1 aromatic heterocycles. The van der Waals surface area contributed by atoms with Gasteiger partial charge in [0.05, 0.1) is 0 Å². The molecule has 0 unspecified atom stereocenters. The van der Waals surface area contributed by atoms with Gasteiger partial charge in [-0.15, -0.1) is 0 Å². The Labute approximate surface area is 98.1 Å². The van der Waals surface area contributed by atoms with Crippen LogP contribution < -0.4 is 10.2 Å². The van der Waals surface area contributed by atoms with E-state index in [1.54, 1.807) is 6.33 Å². The molecule has 4 nitrogen and oxygen atoms in total. The van der Waals surface area contributed by atoms with Crippen molar-refractivity contribution in [3.05, 3.63) is 11.9 Å². The maximum atomic E-state index is 4.40. The number of hydrogen-bond acceptors (Lipinski definition) is 4. The van der Waals surface area contributed by atoms with E-state index in [1.165, 1.54) is 5.56 Å². The first-order valence-corrected chi connectivity index (χ1v) is 5.97. The monoisotopic (exact) mass is 222 g/mol. The molecular weight excluding hydrogens is 200 g/mol. The summed E-state index contributed by atoms with van der Waals surface area (Å²) >= 11 is 0. The van der Waals surface area contributed by atoms with Crippen LogP contribution in [0.2, 0.25) is 0 Å². The van der Waals surface area contributed by atoms with E-state index in [4.69, 9.17) is 0 Å². The Morgan fingerprint density at radius 2 is 2.00 bits per heavy atom. The van der Waals surface area contributed by atoms with E-state index in [1.807, 2.05) is 7.05 Å². The lowest BCUT2D eigenvalue weighted by molar-refractivity contribution is 0.812. The van der Waals surface area contributed by atoms with E-state index in [9.17, 15) is 0 Å². The molecule has 90 valence electrons. The van der Waals surface area contributed by atoms with E-state index in [-0.39, 0.29) is 0 Å². The second-order valence-electron chi connectivity index (χ2n) is 3.95. The molecule has 1 aromatic rings. The fourth-order valence-electron chi connectivity index (χ4n) is 1.87. The van der Waals surface area contributed by atoms with Crippen LogP contribution in [0.15, 0.2) is 6.33 Å². The van der Waals surface area contributed by atoms with Crippen molar-refractivity contribution in [2.75, 3.05) is 30.9 Å². The van der Waals surface area contributed by atoms with Crippen LogP contribution in [-0.4, -0.2) is 30.6 Å². The van der Waals surface area contributed by atoms with Gasteiger partial charge in [-0.2, -0.15) is 0 Å². The summed E-state index contributed by atoms with van der Waals surface area (Å²) in [4.78, 5) is 10.9. The van der Waals surface area contributed by atoms with Gasteiger partial charge in [0, 0.05) is 26.2 Å². The highest BCUT2D eigenvalue weighted by atomic mass is 15.2. The van der Waals surface area contributed by atoms with E-state index < -0.39 is 0 Å². The van der Waals surface area contributed by atoms with Crippen molar-refractivity contribution in [1.82, 2.24) is 9.97 Å². The summed E-state index contributed by atoms with van der Waals surface area (Å²) in [6, 6.07) is 0. The predicted molar refractivity (Wildman–Crippen MR) is 69.1 cm³/mol. The molecule has 0 saturated heterocycles. The Morgan fingerprint density at radius 3 is 2.56 bits per heavy atom. The quantitative estimate of drug-likeness (QED) is 0.802. The smallest absolute Gasteiger partial charge is 0.137 e. The topological polar surface area (TPSA) is 41.1 Å². The summed E-state index contributed by atoms with van der Waals surface area (Å²) in [6.07, 6.45) is 4.88. The fraction of sp³-hybridized carbons (Fsp3) is 0.667. The minimum atomic E-state index is 0.954. The summed E-state index contributed by atoms with van der Waals surface area (Å²) in [5.41, 5.74) is 1.23. The highest BCUT2D eigenvalue weighted by molar-refractivity contribution is 5.58. The molecule has 1 rings (SSSR count). The highest BCUT2D eigenvalue weighted by Gasteiger charge is 2.12. The Bertz CT molecular complexity index is 325. The van der Waals surface area contributed by atoms with Crippen LogP contribution in [0.1, 0.15) is 32.3 Å². The molecule has 0 aliphatic carbocycles. The Kier molecular flexibility index (Phi) is 5.02. The predicted octanol–water partition coefficient (Wildman–Crippen LogP) is 2.32. The SMILES string of the molecule is CCCc1c(NC)ncnc1N(C)CCC. The number of nitrogens with one attached hydrogen (secondary N) is 1. The van der Waals surface area contributed by atoms with Crippen LogP contribution in [0, 0.1) is 0 Å². The third-order valence-corrected chi connectivity index (χ3v) is 2.58. The van der Waals surface area contributed by atoms with E-state index >= 15 is 0 Å². The summed E-state index contributed by atoms with van der Waals surface area (Å²) in [6.45, 7) is 5.38. The maximum Gasteiger partial charge on any atom is 0.137 e. The molecule has 0 fully saturated rings. The van der Waals surface area contributed by atoms with E-state index in [0.717, 1.165) is 37.4 Å². The minimum absolute atomic E-state index is 0.954. The molecule has 0 aliphatic rings. The molecule has 1 heterocycles. The van der Waals surface area contributed by atoms with Gasteiger partial charge in [-0.25, -0.2) is 9.97 Å². The molecule has 0 aliphatic heterocycles. The van der Waals surface area contributed by atoms with Crippen LogP contribution >= 0.6 is 0 Å². The standard InChI is InChI=1S/C12H22N4/c1-5-7-10-11(13-3)14-9-15-12(10)16(4)8-6-2/h9H,5-8H2,1-4H3,(H,13,14,15). The Balaban J connectivity index is 3.05. The van der Waals surface area contributed by atoms with Gasteiger partial charge in [-0.3, -0.25) is 0 Å². The molecule has 4 heteroatoms. The van der Waals surface area contributed by atoms with Crippen molar-refractivity contribution in [3.8, 4) is 0 Å². The summed E-state index contributed by atoms with van der Waals surface area (Å²) in [5, 5.41) is 3.14. The zero-order valence-corrected chi connectivity index (χ0v) is 10.7. The molecule has 0 amide bonds. The first kappa shape index (κ1) is 12.7. The average molecular weight is 222 g/mol. The molecule has 1 N–H and O–H groups in total. The van der Waals surface area contributed by atoms with Gasteiger partial charge >= 0.3 is 0 Å². The van der Waals surface area contributed by atoms with Crippen LogP contribution in [0.25, 0.3) is 0 Å². The van der Waals surface area contributed by atoms with Gasteiger partial charge < -0.3 is 10.2 Å². The van der Waals surface area contributed by atoms with Crippen molar-refractivity contribution in [1.29, 1.82) is 0 Å². The largest absolute Gasteiger partial charge is 0.373 e. The number of nitrogens with zero attached hydrogens (tertiary/aromatic N) is 3. The van der Waals surface area contributed by atoms with Crippen molar-refractivity contribution < 1.29 is 0 Å². The maximum absolute atomic E-state index is 4.40. The summed E-state index contributed by atoms with van der Waals surface area (Å²) in [7, 11) is 4.00. The van der Waals surface area contributed by atoms with Crippen molar-refractivity contribution >= 4 is 11.6 Å². The first-order chi connectivity index (χ1) is 7.74. The average Bonchev–Trinajstić information content (AvgIpc) is 2.30. The van der Waals surface area contributed by atoms with Crippen LogP contribution in [-0.2, 0) is 6.42 Å². The van der Waals surface area contributed by atoms with Crippen LogP contribution in [0.4, 0.5) is 11.6 Å². The number of hydrogen-bond donors (Lipinski definition) is 1. The van der Waals surface area contributed by atoms with Crippen molar-refractivity contribution in [2.24, 2.45) is 0 Å². The highest BCUT2D eigenvalue weighted by Crippen LogP contribution is 2.23. The zero-order valence-electron chi connectivity index (χ0n) is 10.7. The van der Waals surface area contributed by atoms with E-state index in [2.05, 4.69) is 41.1 Å². The molecule has 0 radical (unpaired) electrons. The van der Waals surface area contributed by atoms with Crippen molar-refractivity contribution in [3.63, 3.8) is 0 Å². The van der Waals surface area contributed by atoms with Crippen LogP contribution in [0.3, 0.4) is 0 Å². The normalized spacial score (nSPS) is 10.2. The third kappa shape index (κ3) is 2.84. The summed E-state index contributed by atoms with van der Waals surface area (Å²) < 4.78 is 0. The minimum Gasteiger partial charge on any atom is -0.373 e. The lowest BCUT2D eigenvalue weighted by atomic mass is 10.1. The van der Waals surface area contributed by atoms with Gasteiger partial charge in [0.2, 0.25) is 0 Å².